The minimum atomic E-state index is -3.66. The van der Waals surface area contributed by atoms with Gasteiger partial charge in [0.2, 0.25) is 10.0 Å². The summed E-state index contributed by atoms with van der Waals surface area (Å²) in [6.45, 7) is 3.67. The number of nitrogens with two attached hydrogens (primary N) is 1. The zero-order valence-corrected chi connectivity index (χ0v) is 11.4. The van der Waals surface area contributed by atoms with Crippen molar-refractivity contribution in [3.05, 3.63) is 12.4 Å². The lowest BCUT2D eigenvalue weighted by molar-refractivity contribution is 0.466. The molecule has 0 aromatic carbocycles. The van der Waals surface area contributed by atoms with Crippen LogP contribution in [-0.4, -0.2) is 29.1 Å². The van der Waals surface area contributed by atoms with E-state index >= 15 is 0 Å². The first-order chi connectivity index (χ1) is 7.88. The van der Waals surface area contributed by atoms with E-state index in [4.69, 9.17) is 18.0 Å². The summed E-state index contributed by atoms with van der Waals surface area (Å²) < 4.78 is 26.6. The van der Waals surface area contributed by atoms with Gasteiger partial charge >= 0.3 is 0 Å². The molecule has 1 heterocycles. The Hall–Kier alpha value is -0.990. The van der Waals surface area contributed by atoms with Crippen molar-refractivity contribution in [1.82, 2.24) is 14.9 Å². The van der Waals surface area contributed by atoms with Gasteiger partial charge in [0.1, 0.15) is 4.90 Å². The highest BCUT2D eigenvalue weighted by molar-refractivity contribution is 7.89. The monoisotopic (exact) mass is 276 g/mol. The molecule has 1 aromatic rings. The topological polar surface area (TPSA) is 101 Å². The molecule has 0 unspecified atom stereocenters. The molecule has 0 radical (unpaired) electrons. The second-order valence-electron chi connectivity index (χ2n) is 3.69. The number of H-pyrrole nitrogens is 1. The molecular formula is C9H16N4O2S2. The predicted octanol–water partition coefficient (Wildman–Crippen LogP) is 0.533. The fraction of sp³-hybridized carbons (Fsp3) is 0.556. The highest BCUT2D eigenvalue weighted by atomic mass is 32.2. The van der Waals surface area contributed by atoms with Crippen molar-refractivity contribution in [3.8, 4) is 0 Å². The van der Waals surface area contributed by atoms with Crippen LogP contribution in [0.1, 0.15) is 26.7 Å². The Bertz CT molecular complexity index is 477. The summed E-state index contributed by atoms with van der Waals surface area (Å²) in [5.41, 5.74) is 4.75. The Morgan fingerprint density at radius 3 is 2.53 bits per heavy atom. The second kappa shape index (κ2) is 5.11. The number of nitrogens with zero attached hydrogens (tertiary/aromatic N) is 1. The summed E-state index contributed by atoms with van der Waals surface area (Å²) in [6, 6.07) is 0. The lowest BCUT2D eigenvalue weighted by Crippen LogP contribution is -2.55. The van der Waals surface area contributed by atoms with Crippen molar-refractivity contribution in [3.63, 3.8) is 0 Å². The van der Waals surface area contributed by atoms with Crippen LogP contribution >= 0.6 is 12.2 Å². The average molecular weight is 276 g/mol. The van der Waals surface area contributed by atoms with Gasteiger partial charge in [0.25, 0.3) is 0 Å². The van der Waals surface area contributed by atoms with Gasteiger partial charge in [-0.25, -0.2) is 8.42 Å². The van der Waals surface area contributed by atoms with Gasteiger partial charge < -0.3 is 5.73 Å². The third-order valence-corrected chi connectivity index (χ3v) is 4.69. The fourth-order valence-corrected chi connectivity index (χ4v) is 3.33. The summed E-state index contributed by atoms with van der Waals surface area (Å²) >= 11 is 4.95. The summed E-state index contributed by atoms with van der Waals surface area (Å²) in [5, 5.41) is 6.06. The maximum Gasteiger partial charge on any atom is 0.244 e. The summed E-state index contributed by atoms with van der Waals surface area (Å²) in [7, 11) is -3.66. The van der Waals surface area contributed by atoms with Crippen LogP contribution in [0.25, 0.3) is 0 Å². The molecule has 17 heavy (non-hydrogen) atoms. The number of rotatable bonds is 6. The minimum Gasteiger partial charge on any atom is -0.392 e. The van der Waals surface area contributed by atoms with E-state index in [0.29, 0.717) is 12.8 Å². The molecule has 0 fully saturated rings. The lowest BCUT2D eigenvalue weighted by Gasteiger charge is -2.30. The Balaban J connectivity index is 3.08. The van der Waals surface area contributed by atoms with Crippen LogP contribution in [0, 0.1) is 0 Å². The van der Waals surface area contributed by atoms with Gasteiger partial charge in [-0.2, -0.15) is 9.82 Å². The van der Waals surface area contributed by atoms with Gasteiger partial charge in [-0.05, 0) is 12.8 Å². The molecule has 0 aliphatic heterocycles. The fourth-order valence-electron chi connectivity index (χ4n) is 1.50. The molecule has 4 N–H and O–H groups in total. The first-order valence-corrected chi connectivity index (χ1v) is 7.09. The summed E-state index contributed by atoms with van der Waals surface area (Å²) in [6.07, 6.45) is 3.53. The van der Waals surface area contributed by atoms with Gasteiger partial charge in [0.05, 0.1) is 16.7 Å². The number of hydrogen-bond acceptors (Lipinski definition) is 4. The standard InChI is InChI=1S/C9H16N4O2S2/c1-3-9(4-2,8(10)16)13-17(14,15)7-5-11-12-6-7/h5-6,13H,3-4H2,1-2H3,(H2,10,16)(H,11,12). The van der Waals surface area contributed by atoms with Crippen molar-refractivity contribution in [2.45, 2.75) is 37.1 Å². The maximum atomic E-state index is 12.0. The third kappa shape index (κ3) is 2.82. The molecule has 0 atom stereocenters. The molecule has 8 heteroatoms. The molecule has 6 nitrogen and oxygen atoms in total. The van der Waals surface area contributed by atoms with Crippen molar-refractivity contribution in [2.75, 3.05) is 0 Å². The van der Waals surface area contributed by atoms with Crippen LogP contribution in [-0.2, 0) is 10.0 Å². The van der Waals surface area contributed by atoms with Gasteiger partial charge in [-0.1, -0.05) is 26.1 Å². The lowest BCUT2D eigenvalue weighted by atomic mass is 9.94. The Morgan fingerprint density at radius 1 is 1.59 bits per heavy atom. The number of aromatic amines is 1. The number of thiocarbonyl (C=S) groups is 1. The summed E-state index contributed by atoms with van der Waals surface area (Å²) in [4.78, 5) is 0.217. The molecule has 0 saturated heterocycles. The maximum absolute atomic E-state index is 12.0. The Labute approximate surface area is 106 Å². The predicted molar refractivity (Wildman–Crippen MR) is 69.0 cm³/mol. The number of aromatic nitrogens is 2. The zero-order chi connectivity index (χ0) is 13.1. The normalized spacial score (nSPS) is 12.6. The first kappa shape index (κ1) is 14.1. The van der Waals surface area contributed by atoms with Crippen LogP contribution in [0.5, 0.6) is 0 Å². The van der Waals surface area contributed by atoms with Crippen LogP contribution in [0.2, 0.25) is 0 Å². The largest absolute Gasteiger partial charge is 0.392 e. The van der Waals surface area contributed by atoms with Crippen molar-refractivity contribution in [2.24, 2.45) is 5.73 Å². The molecule has 96 valence electrons. The van der Waals surface area contributed by atoms with E-state index in [1.54, 1.807) is 0 Å². The van der Waals surface area contributed by atoms with Crippen LogP contribution in [0.3, 0.4) is 0 Å². The van der Waals surface area contributed by atoms with E-state index in [2.05, 4.69) is 14.9 Å². The number of nitrogens with one attached hydrogen (secondary N) is 2. The molecule has 0 aliphatic rings. The van der Waals surface area contributed by atoms with E-state index in [0.717, 1.165) is 0 Å². The highest BCUT2D eigenvalue weighted by Gasteiger charge is 2.35. The second-order valence-corrected chi connectivity index (χ2v) is 5.82. The van der Waals surface area contributed by atoms with E-state index in [-0.39, 0.29) is 9.88 Å². The number of hydrogen-bond donors (Lipinski definition) is 3. The molecule has 0 spiro atoms. The van der Waals surface area contributed by atoms with E-state index in [1.165, 1.54) is 12.4 Å². The molecule has 1 aromatic heterocycles. The van der Waals surface area contributed by atoms with Crippen LogP contribution in [0.15, 0.2) is 17.3 Å². The Morgan fingerprint density at radius 2 is 2.18 bits per heavy atom. The van der Waals surface area contributed by atoms with Crippen LogP contribution < -0.4 is 10.5 Å². The highest BCUT2D eigenvalue weighted by Crippen LogP contribution is 2.19. The smallest absolute Gasteiger partial charge is 0.244 e. The molecular weight excluding hydrogens is 260 g/mol. The first-order valence-electron chi connectivity index (χ1n) is 5.20. The molecule has 0 aliphatic carbocycles. The molecule has 0 amide bonds. The number of sulfonamides is 1. The van der Waals surface area contributed by atoms with Gasteiger partial charge in [-0.3, -0.25) is 5.10 Å². The SMILES string of the molecule is CCC(CC)(NS(=O)(=O)c1cn[nH]c1)C(N)=S. The molecule has 1 rings (SSSR count). The average Bonchev–Trinajstić information content (AvgIpc) is 2.79. The van der Waals surface area contributed by atoms with Gasteiger partial charge in [0.15, 0.2) is 0 Å². The Kier molecular flexibility index (Phi) is 4.23. The van der Waals surface area contributed by atoms with Crippen LogP contribution in [0.4, 0.5) is 0 Å². The zero-order valence-electron chi connectivity index (χ0n) is 9.73. The molecule has 0 bridgehead atoms. The minimum absolute atomic E-state index is 0.0695. The van der Waals surface area contributed by atoms with Gasteiger partial charge in [0, 0.05) is 6.20 Å². The quantitative estimate of drug-likeness (QED) is 0.658. The molecule has 0 saturated carbocycles. The van der Waals surface area contributed by atoms with E-state index in [1.807, 2.05) is 13.8 Å². The summed E-state index contributed by atoms with van der Waals surface area (Å²) in [5.74, 6) is 0. The van der Waals surface area contributed by atoms with Crippen molar-refractivity contribution < 1.29 is 8.42 Å². The van der Waals surface area contributed by atoms with Gasteiger partial charge in [-0.15, -0.1) is 0 Å². The third-order valence-electron chi connectivity index (χ3n) is 2.79. The van der Waals surface area contributed by atoms with Crippen molar-refractivity contribution in [1.29, 1.82) is 0 Å². The van der Waals surface area contributed by atoms with E-state index in [9.17, 15) is 8.42 Å². The van der Waals surface area contributed by atoms with Crippen molar-refractivity contribution >= 4 is 27.2 Å². The van der Waals surface area contributed by atoms with E-state index < -0.39 is 15.6 Å².